The average molecular weight is 251 g/mol. The van der Waals surface area contributed by atoms with Crippen molar-refractivity contribution < 1.29 is 0 Å². The summed E-state index contributed by atoms with van der Waals surface area (Å²) in [5.41, 5.74) is 1.46. The maximum Gasteiger partial charge on any atom is 0.205 e. The molecular weight excluding hydrogens is 238 g/mol. The lowest BCUT2D eigenvalue weighted by atomic mass is 10.1. The first-order valence-corrected chi connectivity index (χ1v) is 7.15. The first kappa shape index (κ1) is 10.2. The standard InChI is InChI=1S/C11H13N3S2/c1-2-10-12-11(16-13-10)14-5-3-9-8(7-14)4-6-15-9/h4,6H,2-3,5,7H2,1H3. The second-order valence-corrected chi connectivity index (χ2v) is 5.62. The number of fused-ring (bicyclic) bond motifs is 1. The van der Waals surface area contributed by atoms with Gasteiger partial charge in [-0.15, -0.1) is 11.3 Å². The third-order valence-electron chi connectivity index (χ3n) is 2.85. The van der Waals surface area contributed by atoms with E-state index in [1.54, 1.807) is 0 Å². The number of aromatic nitrogens is 2. The predicted molar refractivity (Wildman–Crippen MR) is 68.4 cm³/mol. The molecule has 0 fully saturated rings. The minimum absolute atomic E-state index is 0.925. The smallest absolute Gasteiger partial charge is 0.205 e. The van der Waals surface area contributed by atoms with Gasteiger partial charge in [0.15, 0.2) is 0 Å². The van der Waals surface area contributed by atoms with Crippen LogP contribution in [0.1, 0.15) is 23.2 Å². The summed E-state index contributed by atoms with van der Waals surface area (Å²) in [7, 11) is 0. The molecule has 0 N–H and O–H groups in total. The molecule has 0 amide bonds. The van der Waals surface area contributed by atoms with Crippen LogP contribution in [0.15, 0.2) is 11.4 Å². The molecular formula is C11H13N3S2. The van der Waals surface area contributed by atoms with Crippen molar-refractivity contribution in [3.63, 3.8) is 0 Å². The summed E-state index contributed by atoms with van der Waals surface area (Å²) in [6.45, 7) is 4.17. The molecule has 0 saturated heterocycles. The van der Waals surface area contributed by atoms with E-state index in [-0.39, 0.29) is 0 Å². The number of hydrogen-bond acceptors (Lipinski definition) is 5. The van der Waals surface area contributed by atoms with E-state index in [0.717, 1.165) is 36.9 Å². The number of nitrogens with zero attached hydrogens (tertiary/aromatic N) is 3. The predicted octanol–water partition coefficient (Wildman–Crippen LogP) is 2.72. The molecule has 3 heterocycles. The van der Waals surface area contributed by atoms with E-state index >= 15 is 0 Å². The number of aryl methyl sites for hydroxylation is 1. The van der Waals surface area contributed by atoms with Gasteiger partial charge >= 0.3 is 0 Å². The van der Waals surface area contributed by atoms with E-state index in [4.69, 9.17) is 0 Å². The topological polar surface area (TPSA) is 29.0 Å². The van der Waals surface area contributed by atoms with Crippen molar-refractivity contribution in [2.75, 3.05) is 11.4 Å². The second-order valence-electron chi connectivity index (χ2n) is 3.89. The molecule has 5 heteroatoms. The Morgan fingerprint density at radius 1 is 1.50 bits per heavy atom. The molecule has 0 aliphatic carbocycles. The zero-order valence-corrected chi connectivity index (χ0v) is 10.8. The van der Waals surface area contributed by atoms with Crippen molar-refractivity contribution in [3.05, 3.63) is 27.7 Å². The van der Waals surface area contributed by atoms with Gasteiger partial charge in [0.25, 0.3) is 0 Å². The van der Waals surface area contributed by atoms with Gasteiger partial charge in [0.1, 0.15) is 5.82 Å². The summed E-state index contributed by atoms with van der Waals surface area (Å²) in [6.07, 6.45) is 2.07. The van der Waals surface area contributed by atoms with Gasteiger partial charge in [-0.2, -0.15) is 4.37 Å². The van der Waals surface area contributed by atoms with Crippen LogP contribution in [-0.2, 0) is 19.4 Å². The zero-order chi connectivity index (χ0) is 11.0. The summed E-state index contributed by atoms with van der Waals surface area (Å²) in [5, 5.41) is 3.26. The minimum atomic E-state index is 0.925. The highest BCUT2D eigenvalue weighted by Crippen LogP contribution is 2.28. The van der Waals surface area contributed by atoms with Crippen LogP contribution in [0.2, 0.25) is 0 Å². The lowest BCUT2D eigenvalue weighted by Crippen LogP contribution is -2.29. The SMILES string of the molecule is CCc1nsc(N2CCc3sccc3C2)n1. The van der Waals surface area contributed by atoms with Crippen LogP contribution in [0.25, 0.3) is 0 Å². The molecule has 0 radical (unpaired) electrons. The molecule has 3 rings (SSSR count). The van der Waals surface area contributed by atoms with Crippen molar-refractivity contribution >= 4 is 28.0 Å². The molecule has 0 bridgehead atoms. The minimum Gasteiger partial charge on any atom is -0.342 e. The number of rotatable bonds is 2. The maximum atomic E-state index is 4.55. The van der Waals surface area contributed by atoms with Crippen LogP contribution in [0.5, 0.6) is 0 Å². The lowest BCUT2D eigenvalue weighted by molar-refractivity contribution is 0.738. The third-order valence-corrected chi connectivity index (χ3v) is 4.69. The highest BCUT2D eigenvalue weighted by Gasteiger charge is 2.19. The Labute approximate surface area is 103 Å². The molecule has 84 valence electrons. The van der Waals surface area contributed by atoms with Gasteiger partial charge in [0.05, 0.1) is 0 Å². The van der Waals surface area contributed by atoms with E-state index < -0.39 is 0 Å². The molecule has 0 aromatic carbocycles. The summed E-state index contributed by atoms with van der Waals surface area (Å²) >= 11 is 3.40. The number of anilines is 1. The van der Waals surface area contributed by atoms with Crippen molar-refractivity contribution in [3.8, 4) is 0 Å². The molecule has 0 atom stereocenters. The Kier molecular flexibility index (Phi) is 2.65. The molecule has 2 aromatic heterocycles. The summed E-state index contributed by atoms with van der Waals surface area (Å²) in [5.74, 6) is 0.969. The zero-order valence-electron chi connectivity index (χ0n) is 9.14. The fraction of sp³-hybridized carbons (Fsp3) is 0.455. The summed E-state index contributed by atoms with van der Waals surface area (Å²) in [6, 6.07) is 2.23. The van der Waals surface area contributed by atoms with E-state index in [1.807, 2.05) is 11.3 Å². The van der Waals surface area contributed by atoms with Gasteiger partial charge < -0.3 is 4.90 Å². The lowest BCUT2D eigenvalue weighted by Gasteiger charge is -2.25. The molecule has 0 unspecified atom stereocenters. The van der Waals surface area contributed by atoms with E-state index in [0.29, 0.717) is 0 Å². The largest absolute Gasteiger partial charge is 0.342 e. The molecule has 3 nitrogen and oxygen atoms in total. The van der Waals surface area contributed by atoms with E-state index in [9.17, 15) is 0 Å². The maximum absolute atomic E-state index is 4.55. The Bertz CT molecular complexity index is 489. The van der Waals surface area contributed by atoms with Gasteiger partial charge in [-0.25, -0.2) is 4.98 Å². The van der Waals surface area contributed by atoms with Crippen molar-refractivity contribution in [1.29, 1.82) is 0 Å². The fourth-order valence-corrected chi connectivity index (χ4v) is 3.59. The van der Waals surface area contributed by atoms with Crippen LogP contribution in [0, 0.1) is 0 Å². The quantitative estimate of drug-likeness (QED) is 0.822. The van der Waals surface area contributed by atoms with Gasteiger partial charge in [-0.1, -0.05) is 6.92 Å². The van der Waals surface area contributed by atoms with Crippen molar-refractivity contribution in [2.45, 2.75) is 26.3 Å². The average Bonchev–Trinajstić information content (AvgIpc) is 2.96. The summed E-state index contributed by atoms with van der Waals surface area (Å²) in [4.78, 5) is 8.42. The normalized spacial score (nSPS) is 15.2. The van der Waals surface area contributed by atoms with Crippen LogP contribution >= 0.6 is 22.9 Å². The molecule has 0 spiro atoms. The highest BCUT2D eigenvalue weighted by atomic mass is 32.1. The Morgan fingerprint density at radius 2 is 2.44 bits per heavy atom. The van der Waals surface area contributed by atoms with Crippen LogP contribution in [-0.4, -0.2) is 15.9 Å². The first-order chi connectivity index (χ1) is 7.86. The van der Waals surface area contributed by atoms with Crippen LogP contribution < -0.4 is 4.90 Å². The number of hydrogen-bond donors (Lipinski definition) is 0. The van der Waals surface area contributed by atoms with Gasteiger partial charge in [-0.3, -0.25) is 0 Å². The highest BCUT2D eigenvalue weighted by molar-refractivity contribution is 7.10. The second kappa shape index (κ2) is 4.14. The monoisotopic (exact) mass is 251 g/mol. The first-order valence-electron chi connectivity index (χ1n) is 5.49. The summed E-state index contributed by atoms with van der Waals surface area (Å²) < 4.78 is 4.34. The van der Waals surface area contributed by atoms with Gasteiger partial charge in [-0.05, 0) is 23.4 Å². The Hall–Kier alpha value is -0.940. The number of thiophene rings is 1. The Morgan fingerprint density at radius 3 is 3.25 bits per heavy atom. The van der Waals surface area contributed by atoms with E-state index in [2.05, 4.69) is 32.6 Å². The van der Waals surface area contributed by atoms with Gasteiger partial charge in [0, 0.05) is 35.9 Å². The van der Waals surface area contributed by atoms with Crippen LogP contribution in [0.3, 0.4) is 0 Å². The molecule has 0 saturated carbocycles. The van der Waals surface area contributed by atoms with Gasteiger partial charge in [0.2, 0.25) is 5.13 Å². The molecule has 1 aliphatic rings. The Balaban J connectivity index is 1.83. The fourth-order valence-electron chi connectivity index (χ4n) is 1.93. The molecule has 1 aliphatic heterocycles. The van der Waals surface area contributed by atoms with E-state index in [1.165, 1.54) is 22.0 Å². The van der Waals surface area contributed by atoms with Crippen LogP contribution in [0.4, 0.5) is 5.13 Å². The van der Waals surface area contributed by atoms with Crippen molar-refractivity contribution in [1.82, 2.24) is 9.36 Å². The molecule has 2 aromatic rings. The third kappa shape index (κ3) is 1.74. The van der Waals surface area contributed by atoms with Crippen molar-refractivity contribution in [2.24, 2.45) is 0 Å². The molecule has 16 heavy (non-hydrogen) atoms.